The van der Waals surface area contributed by atoms with Gasteiger partial charge in [0.1, 0.15) is 5.76 Å². The average molecular weight is 314 g/mol. The van der Waals surface area contributed by atoms with Gasteiger partial charge in [0, 0.05) is 25.5 Å². The highest BCUT2D eigenvalue weighted by atomic mass is 16.5. The van der Waals surface area contributed by atoms with E-state index in [1.807, 2.05) is 13.0 Å². The van der Waals surface area contributed by atoms with Gasteiger partial charge in [0.15, 0.2) is 0 Å². The maximum atomic E-state index is 12.2. The van der Waals surface area contributed by atoms with E-state index in [-0.39, 0.29) is 11.8 Å². The molecule has 0 aliphatic rings. The quantitative estimate of drug-likeness (QED) is 0.846. The Morgan fingerprint density at radius 3 is 2.48 bits per heavy atom. The molecule has 23 heavy (non-hydrogen) atoms. The molecule has 0 aliphatic carbocycles. The topological polar surface area (TPSA) is 55.1 Å². The molecule has 1 N–H and O–H groups in total. The summed E-state index contributed by atoms with van der Waals surface area (Å²) in [5.74, 6) is 1.54. The van der Waals surface area contributed by atoms with Crippen molar-refractivity contribution >= 4 is 5.91 Å². The molecule has 1 amide bonds. The summed E-state index contributed by atoms with van der Waals surface area (Å²) < 4.78 is 5.02. The zero-order valence-corrected chi connectivity index (χ0v) is 14.4. The summed E-state index contributed by atoms with van der Waals surface area (Å²) in [4.78, 5) is 12.2. The number of hydrogen-bond acceptors (Lipinski definition) is 3. The van der Waals surface area contributed by atoms with Crippen LogP contribution in [-0.4, -0.2) is 17.6 Å². The Kier molecular flexibility index (Phi) is 5.97. The fourth-order valence-electron chi connectivity index (χ4n) is 2.69. The van der Waals surface area contributed by atoms with Crippen LogP contribution in [0, 0.1) is 19.8 Å². The Morgan fingerprint density at radius 1 is 1.22 bits per heavy atom. The molecule has 0 saturated heterocycles. The Balaban J connectivity index is 1.86. The van der Waals surface area contributed by atoms with Crippen molar-refractivity contribution in [2.75, 3.05) is 6.54 Å². The van der Waals surface area contributed by atoms with Crippen LogP contribution < -0.4 is 5.32 Å². The number of amides is 1. The number of benzene rings is 1. The van der Waals surface area contributed by atoms with Crippen molar-refractivity contribution in [1.82, 2.24) is 10.5 Å². The molecule has 0 aliphatic heterocycles. The first-order chi connectivity index (χ1) is 11.0. The minimum Gasteiger partial charge on any atom is -0.361 e. The van der Waals surface area contributed by atoms with Crippen molar-refractivity contribution in [2.45, 2.75) is 46.5 Å². The van der Waals surface area contributed by atoms with Gasteiger partial charge in [-0.05, 0) is 31.2 Å². The molecule has 2 rings (SSSR count). The number of carbonyl (C=O) groups is 1. The molecule has 4 heteroatoms. The van der Waals surface area contributed by atoms with Crippen molar-refractivity contribution < 1.29 is 9.32 Å². The molecule has 4 nitrogen and oxygen atoms in total. The third-order valence-electron chi connectivity index (χ3n) is 4.10. The van der Waals surface area contributed by atoms with E-state index >= 15 is 0 Å². The fraction of sp³-hybridized carbons (Fsp3) is 0.474. The van der Waals surface area contributed by atoms with Crippen LogP contribution in [0.4, 0.5) is 0 Å². The van der Waals surface area contributed by atoms with Crippen LogP contribution in [0.1, 0.15) is 48.8 Å². The summed E-state index contributed by atoms with van der Waals surface area (Å²) in [7, 11) is 0. The summed E-state index contributed by atoms with van der Waals surface area (Å²) in [6.07, 6.45) is 1.21. The highest BCUT2D eigenvalue weighted by molar-refractivity contribution is 5.76. The SMILES string of the molecule is Cc1ccc(C(CC(=O)NCCc2cc(C)on2)C(C)C)cc1. The number of carbonyl (C=O) groups excluding carboxylic acids is 1. The van der Waals surface area contributed by atoms with E-state index in [4.69, 9.17) is 4.52 Å². The van der Waals surface area contributed by atoms with Gasteiger partial charge in [0.05, 0.1) is 5.69 Å². The molecule has 1 atom stereocenters. The van der Waals surface area contributed by atoms with Crippen molar-refractivity contribution in [3.63, 3.8) is 0 Å². The van der Waals surface area contributed by atoms with E-state index in [9.17, 15) is 4.79 Å². The van der Waals surface area contributed by atoms with Crippen LogP contribution in [0.15, 0.2) is 34.9 Å². The van der Waals surface area contributed by atoms with E-state index in [0.29, 0.717) is 25.3 Å². The van der Waals surface area contributed by atoms with Gasteiger partial charge in [-0.2, -0.15) is 0 Å². The molecule has 1 aromatic carbocycles. The Bertz CT molecular complexity index is 629. The number of rotatable bonds is 7. The van der Waals surface area contributed by atoms with Crippen molar-refractivity contribution in [3.05, 3.63) is 52.9 Å². The van der Waals surface area contributed by atoms with Gasteiger partial charge in [-0.1, -0.05) is 48.8 Å². The number of hydrogen-bond donors (Lipinski definition) is 1. The Morgan fingerprint density at radius 2 is 1.91 bits per heavy atom. The van der Waals surface area contributed by atoms with Gasteiger partial charge in [0.2, 0.25) is 5.91 Å². The predicted molar refractivity (Wildman–Crippen MR) is 91.3 cm³/mol. The molecule has 0 radical (unpaired) electrons. The van der Waals surface area contributed by atoms with E-state index in [1.54, 1.807) is 0 Å². The zero-order chi connectivity index (χ0) is 16.8. The first-order valence-electron chi connectivity index (χ1n) is 8.21. The molecule has 0 fully saturated rings. The molecule has 0 saturated carbocycles. The highest BCUT2D eigenvalue weighted by Crippen LogP contribution is 2.28. The van der Waals surface area contributed by atoms with Crippen LogP contribution in [0.5, 0.6) is 0 Å². The third kappa shape index (κ3) is 5.23. The summed E-state index contributed by atoms with van der Waals surface area (Å²) in [6.45, 7) is 8.85. The van der Waals surface area contributed by atoms with Gasteiger partial charge < -0.3 is 9.84 Å². The van der Waals surface area contributed by atoms with Gasteiger partial charge in [0.25, 0.3) is 0 Å². The number of nitrogens with one attached hydrogen (secondary N) is 1. The number of aryl methyl sites for hydroxylation is 2. The maximum Gasteiger partial charge on any atom is 0.220 e. The minimum atomic E-state index is 0.0875. The Hall–Kier alpha value is -2.10. The lowest BCUT2D eigenvalue weighted by atomic mass is 9.85. The first-order valence-corrected chi connectivity index (χ1v) is 8.21. The van der Waals surface area contributed by atoms with E-state index in [2.05, 4.69) is 55.5 Å². The predicted octanol–water partition coefficient (Wildman–Crippen LogP) is 3.78. The minimum absolute atomic E-state index is 0.0875. The summed E-state index contributed by atoms with van der Waals surface area (Å²) in [5.41, 5.74) is 3.35. The molecule has 1 aromatic heterocycles. The lowest BCUT2D eigenvalue weighted by Gasteiger charge is -2.21. The molecular weight excluding hydrogens is 288 g/mol. The van der Waals surface area contributed by atoms with E-state index < -0.39 is 0 Å². The summed E-state index contributed by atoms with van der Waals surface area (Å²) in [5, 5.41) is 6.92. The van der Waals surface area contributed by atoms with Crippen molar-refractivity contribution in [2.24, 2.45) is 5.92 Å². The maximum absolute atomic E-state index is 12.2. The van der Waals surface area contributed by atoms with Crippen molar-refractivity contribution in [1.29, 1.82) is 0 Å². The third-order valence-corrected chi connectivity index (χ3v) is 4.10. The van der Waals surface area contributed by atoms with Crippen molar-refractivity contribution in [3.8, 4) is 0 Å². The van der Waals surface area contributed by atoms with Crippen LogP contribution in [0.25, 0.3) is 0 Å². The molecular formula is C19H26N2O2. The van der Waals surface area contributed by atoms with Crippen LogP contribution in [0.3, 0.4) is 0 Å². The smallest absolute Gasteiger partial charge is 0.220 e. The first kappa shape index (κ1) is 17.3. The molecule has 1 heterocycles. The van der Waals surface area contributed by atoms with Crippen LogP contribution >= 0.6 is 0 Å². The van der Waals surface area contributed by atoms with E-state index in [1.165, 1.54) is 11.1 Å². The normalized spacial score (nSPS) is 12.4. The zero-order valence-electron chi connectivity index (χ0n) is 14.4. The lowest BCUT2D eigenvalue weighted by molar-refractivity contribution is -0.121. The lowest BCUT2D eigenvalue weighted by Crippen LogP contribution is -2.28. The fourth-order valence-corrected chi connectivity index (χ4v) is 2.69. The standard InChI is InChI=1S/C19H26N2O2/c1-13(2)18(16-7-5-14(3)6-8-16)12-19(22)20-10-9-17-11-15(4)23-21-17/h5-8,11,13,18H,9-10,12H2,1-4H3,(H,20,22). The average Bonchev–Trinajstić information content (AvgIpc) is 2.91. The van der Waals surface area contributed by atoms with Gasteiger partial charge >= 0.3 is 0 Å². The molecule has 0 bridgehead atoms. The summed E-state index contributed by atoms with van der Waals surface area (Å²) in [6, 6.07) is 10.4. The highest BCUT2D eigenvalue weighted by Gasteiger charge is 2.19. The second-order valence-electron chi connectivity index (χ2n) is 6.49. The largest absolute Gasteiger partial charge is 0.361 e. The van der Waals surface area contributed by atoms with Crippen LogP contribution in [0.2, 0.25) is 0 Å². The monoisotopic (exact) mass is 314 g/mol. The summed E-state index contributed by atoms with van der Waals surface area (Å²) >= 11 is 0. The molecule has 2 aromatic rings. The van der Waals surface area contributed by atoms with Gasteiger partial charge in [-0.15, -0.1) is 0 Å². The second kappa shape index (κ2) is 7.95. The van der Waals surface area contributed by atoms with Crippen LogP contribution in [-0.2, 0) is 11.2 Å². The molecule has 124 valence electrons. The number of nitrogens with zero attached hydrogens (tertiary/aromatic N) is 1. The number of aromatic nitrogens is 1. The molecule has 0 spiro atoms. The van der Waals surface area contributed by atoms with E-state index in [0.717, 1.165) is 11.5 Å². The van der Waals surface area contributed by atoms with Gasteiger partial charge in [-0.25, -0.2) is 0 Å². The Labute approximate surface area is 138 Å². The van der Waals surface area contributed by atoms with Gasteiger partial charge in [-0.3, -0.25) is 4.79 Å². The second-order valence-corrected chi connectivity index (χ2v) is 6.49. The molecule has 1 unspecified atom stereocenters.